The van der Waals surface area contributed by atoms with E-state index in [0.29, 0.717) is 22.9 Å². The average Bonchev–Trinajstić information content (AvgIpc) is 3.01. The van der Waals surface area contributed by atoms with Crippen molar-refractivity contribution in [2.45, 2.75) is 18.9 Å². The number of hydrogen-bond donors (Lipinski definition) is 1. The van der Waals surface area contributed by atoms with Crippen LogP contribution < -0.4 is 0 Å². The molecule has 4 nitrogen and oxygen atoms in total. The van der Waals surface area contributed by atoms with E-state index < -0.39 is 5.82 Å². The van der Waals surface area contributed by atoms with E-state index in [0.717, 1.165) is 12.8 Å². The molecule has 1 N–H and O–H groups in total. The Kier molecular flexibility index (Phi) is 3.38. The van der Waals surface area contributed by atoms with E-state index in [1.165, 1.54) is 12.1 Å². The first-order valence-electron chi connectivity index (χ1n) is 5.91. The van der Waals surface area contributed by atoms with Crippen LogP contribution in [-0.2, 0) is 4.74 Å². The summed E-state index contributed by atoms with van der Waals surface area (Å²) in [4.78, 5) is 0. The lowest BCUT2D eigenvalue weighted by Gasteiger charge is -2.11. The third kappa shape index (κ3) is 2.31. The van der Waals surface area contributed by atoms with Crippen molar-refractivity contribution in [3.05, 3.63) is 39.6 Å². The van der Waals surface area contributed by atoms with Gasteiger partial charge in [0.05, 0.1) is 10.7 Å². The van der Waals surface area contributed by atoms with Crippen molar-refractivity contribution in [2.75, 3.05) is 6.61 Å². The molecule has 2 aromatic rings. The maximum atomic E-state index is 13.2. The third-order valence-electron chi connectivity index (χ3n) is 3.08. The minimum Gasteiger partial charge on any atom is -0.370 e. The van der Waals surface area contributed by atoms with Crippen molar-refractivity contribution < 1.29 is 9.13 Å². The lowest BCUT2D eigenvalue weighted by Crippen LogP contribution is -2.07. The molecule has 3 rings (SSSR count). The number of benzene rings is 1. The van der Waals surface area contributed by atoms with Crippen LogP contribution in [0.1, 0.15) is 24.8 Å². The summed E-state index contributed by atoms with van der Waals surface area (Å²) >= 11 is 11.0. The molecule has 1 aliphatic heterocycles. The molecule has 1 unspecified atom stereocenters. The van der Waals surface area contributed by atoms with Gasteiger partial charge in [-0.1, -0.05) is 11.6 Å². The summed E-state index contributed by atoms with van der Waals surface area (Å²) in [6.07, 6.45) is 1.81. The molecule has 2 heterocycles. The quantitative estimate of drug-likeness (QED) is 0.862. The summed E-state index contributed by atoms with van der Waals surface area (Å²) in [6, 6.07) is 4.46. The van der Waals surface area contributed by atoms with Crippen molar-refractivity contribution >= 4 is 23.8 Å². The molecule has 0 aliphatic carbocycles. The molecule has 100 valence electrons. The first kappa shape index (κ1) is 12.8. The Balaban J connectivity index is 2.10. The molecule has 0 bridgehead atoms. The number of halogens is 2. The topological polar surface area (TPSA) is 42.8 Å². The van der Waals surface area contributed by atoms with Gasteiger partial charge in [-0.3, -0.25) is 9.67 Å². The molecule has 19 heavy (non-hydrogen) atoms. The highest BCUT2D eigenvalue weighted by Crippen LogP contribution is 2.29. The number of aromatic amines is 1. The SMILES string of the molecule is Fc1ccc(-n2c(C3CCCO3)n[nH]c2=S)cc1Cl. The molecule has 1 saturated heterocycles. The molecule has 1 aliphatic rings. The van der Waals surface area contributed by atoms with Gasteiger partial charge in [-0.2, -0.15) is 5.10 Å². The van der Waals surface area contributed by atoms with Gasteiger partial charge in [0.15, 0.2) is 10.6 Å². The van der Waals surface area contributed by atoms with E-state index in [1.54, 1.807) is 10.6 Å². The van der Waals surface area contributed by atoms with Gasteiger partial charge in [0.1, 0.15) is 11.9 Å². The Morgan fingerprint density at radius 3 is 3.05 bits per heavy atom. The summed E-state index contributed by atoms with van der Waals surface area (Å²) in [7, 11) is 0. The molecule has 0 radical (unpaired) electrons. The van der Waals surface area contributed by atoms with E-state index >= 15 is 0 Å². The predicted molar refractivity (Wildman–Crippen MR) is 71.6 cm³/mol. The fraction of sp³-hybridized carbons (Fsp3) is 0.333. The van der Waals surface area contributed by atoms with Crippen LogP contribution in [0.2, 0.25) is 5.02 Å². The fourth-order valence-electron chi connectivity index (χ4n) is 2.18. The second kappa shape index (κ2) is 5.03. The van der Waals surface area contributed by atoms with E-state index in [-0.39, 0.29) is 11.1 Å². The summed E-state index contributed by atoms with van der Waals surface area (Å²) in [5.74, 6) is 0.240. The molecule has 1 aromatic heterocycles. The van der Waals surface area contributed by atoms with Crippen molar-refractivity contribution in [3.8, 4) is 5.69 Å². The molecule has 7 heteroatoms. The first-order chi connectivity index (χ1) is 9.16. The number of H-pyrrole nitrogens is 1. The Morgan fingerprint density at radius 1 is 1.53 bits per heavy atom. The van der Waals surface area contributed by atoms with Gasteiger partial charge in [0.2, 0.25) is 0 Å². The van der Waals surface area contributed by atoms with Gasteiger partial charge >= 0.3 is 0 Å². The molecule has 1 aromatic carbocycles. The van der Waals surface area contributed by atoms with Crippen LogP contribution in [0.15, 0.2) is 18.2 Å². The lowest BCUT2D eigenvalue weighted by molar-refractivity contribution is 0.103. The maximum absolute atomic E-state index is 13.2. The molecule has 0 saturated carbocycles. The van der Waals surface area contributed by atoms with Crippen LogP contribution in [-0.4, -0.2) is 21.4 Å². The fourth-order valence-corrected chi connectivity index (χ4v) is 2.60. The normalized spacial score (nSPS) is 18.9. The Labute approximate surface area is 119 Å². The van der Waals surface area contributed by atoms with Gasteiger partial charge in [-0.05, 0) is 43.3 Å². The third-order valence-corrected chi connectivity index (χ3v) is 3.64. The largest absolute Gasteiger partial charge is 0.370 e. The number of nitrogens with one attached hydrogen (secondary N) is 1. The Hall–Kier alpha value is -1.24. The predicted octanol–water partition coefficient (Wildman–Crippen LogP) is 3.57. The number of hydrogen-bond acceptors (Lipinski definition) is 3. The Morgan fingerprint density at radius 2 is 2.37 bits per heavy atom. The van der Waals surface area contributed by atoms with Crippen LogP contribution in [0.25, 0.3) is 5.69 Å². The van der Waals surface area contributed by atoms with E-state index in [9.17, 15) is 4.39 Å². The first-order valence-corrected chi connectivity index (χ1v) is 6.70. The van der Waals surface area contributed by atoms with Crippen LogP contribution in [0, 0.1) is 10.6 Å². The molecule has 0 spiro atoms. The van der Waals surface area contributed by atoms with Crippen LogP contribution in [0.3, 0.4) is 0 Å². The highest BCUT2D eigenvalue weighted by Gasteiger charge is 2.24. The second-order valence-corrected chi connectivity index (χ2v) is 5.12. The minimum absolute atomic E-state index is 0.0545. The molecular weight excluding hydrogens is 289 g/mol. The van der Waals surface area contributed by atoms with Crippen molar-refractivity contribution in [1.82, 2.24) is 14.8 Å². The Bertz CT molecular complexity index is 663. The zero-order valence-electron chi connectivity index (χ0n) is 9.90. The zero-order valence-corrected chi connectivity index (χ0v) is 11.5. The van der Waals surface area contributed by atoms with Gasteiger partial charge < -0.3 is 4.74 Å². The summed E-state index contributed by atoms with van der Waals surface area (Å²) in [5, 5.41) is 7.01. The molecule has 1 atom stereocenters. The van der Waals surface area contributed by atoms with Gasteiger partial charge in [0, 0.05) is 6.61 Å². The van der Waals surface area contributed by atoms with Crippen molar-refractivity contribution in [2.24, 2.45) is 0 Å². The van der Waals surface area contributed by atoms with Crippen LogP contribution in [0.4, 0.5) is 4.39 Å². The highest BCUT2D eigenvalue weighted by molar-refractivity contribution is 7.71. The van der Waals surface area contributed by atoms with Gasteiger partial charge in [0.25, 0.3) is 0 Å². The molecule has 1 fully saturated rings. The second-order valence-electron chi connectivity index (χ2n) is 4.32. The smallest absolute Gasteiger partial charge is 0.199 e. The standard InChI is InChI=1S/C12H11ClFN3OS/c13-8-6-7(3-4-9(8)14)17-11(15-16-12(17)19)10-2-1-5-18-10/h3-4,6,10H,1-2,5H2,(H,16,19). The zero-order chi connectivity index (χ0) is 13.4. The van der Waals surface area contributed by atoms with E-state index in [2.05, 4.69) is 10.2 Å². The van der Waals surface area contributed by atoms with Crippen LogP contribution in [0.5, 0.6) is 0 Å². The van der Waals surface area contributed by atoms with E-state index in [4.69, 9.17) is 28.6 Å². The average molecular weight is 300 g/mol. The molecule has 0 amide bonds. The number of rotatable bonds is 2. The highest BCUT2D eigenvalue weighted by atomic mass is 35.5. The maximum Gasteiger partial charge on any atom is 0.199 e. The van der Waals surface area contributed by atoms with Crippen molar-refractivity contribution in [1.29, 1.82) is 0 Å². The number of nitrogens with zero attached hydrogens (tertiary/aromatic N) is 2. The number of ether oxygens (including phenoxy) is 1. The number of aromatic nitrogens is 3. The summed E-state index contributed by atoms with van der Waals surface area (Å²) in [5.41, 5.74) is 0.677. The van der Waals surface area contributed by atoms with Crippen molar-refractivity contribution in [3.63, 3.8) is 0 Å². The lowest BCUT2D eigenvalue weighted by atomic mass is 10.2. The van der Waals surface area contributed by atoms with Gasteiger partial charge in [-0.15, -0.1) is 0 Å². The van der Waals surface area contributed by atoms with Crippen LogP contribution >= 0.6 is 23.8 Å². The summed E-state index contributed by atoms with van der Waals surface area (Å²) in [6.45, 7) is 0.717. The summed E-state index contributed by atoms with van der Waals surface area (Å²) < 4.78 is 21.0. The monoisotopic (exact) mass is 299 g/mol. The minimum atomic E-state index is -0.459. The molecular formula is C12H11ClFN3OS. The van der Waals surface area contributed by atoms with E-state index in [1.807, 2.05) is 0 Å². The van der Waals surface area contributed by atoms with Gasteiger partial charge in [-0.25, -0.2) is 4.39 Å².